The van der Waals surface area contributed by atoms with Crippen molar-refractivity contribution < 1.29 is 156 Å². The van der Waals surface area contributed by atoms with Gasteiger partial charge in [0.2, 0.25) is 0 Å². The minimum atomic E-state index is -1.74. The van der Waals surface area contributed by atoms with Gasteiger partial charge in [-0.2, -0.15) is 0 Å². The van der Waals surface area contributed by atoms with Crippen LogP contribution >= 0.6 is 0 Å². The Bertz CT molecular complexity index is 476. The Labute approximate surface area is 248 Å². The molecule has 0 bridgehead atoms. The fourth-order valence-corrected chi connectivity index (χ4v) is 0.387. The van der Waals surface area contributed by atoms with Gasteiger partial charge in [0.05, 0.1) is 39.0 Å². The van der Waals surface area contributed by atoms with Crippen LogP contribution < -0.4 is 34.7 Å². The first-order valence-electron chi connectivity index (χ1n) is 8.48. The number of carboxylic acid groups (broad SMARTS) is 5. The number of aliphatic hydroxyl groups excluding tert-OH is 10. The summed E-state index contributed by atoms with van der Waals surface area (Å²) in [6.07, 6.45) is -8.24. The van der Waals surface area contributed by atoms with Crippen molar-refractivity contribution in [3.8, 4) is 0 Å². The number of hydrogen-bond acceptors (Lipinski definition) is 16. The van der Waals surface area contributed by atoms with E-state index in [0.29, 0.717) is 0 Å². The first-order valence-corrected chi connectivity index (χ1v) is 8.48. The molecule has 0 amide bonds. The van der Waals surface area contributed by atoms with Gasteiger partial charge in [0.15, 0.2) is 24.4 Å². The van der Waals surface area contributed by atoms with Crippen molar-refractivity contribution in [1.82, 2.24) is 0 Å². The molecule has 0 heterocycles. The zero-order valence-corrected chi connectivity index (χ0v) is 24.7. The number of carbonyl (C=O) groups is 5. The fraction of sp³-hybridized carbons (Fsp3) is 0.667. The van der Waals surface area contributed by atoms with Crippen molar-refractivity contribution >= 4 is 29.8 Å². The monoisotopic (exact) mass is 732 g/mol. The molecule has 0 saturated heterocycles. The average Bonchev–Trinajstić information content (AvgIpc) is 2.82. The molecule has 37 heavy (non-hydrogen) atoms. The van der Waals surface area contributed by atoms with Crippen molar-refractivity contribution in [3.63, 3.8) is 0 Å². The second-order valence-electron chi connectivity index (χ2n) is 5.16. The topological polar surface area (TPSA) is 392 Å². The van der Waals surface area contributed by atoms with Gasteiger partial charge in [-0.15, -0.1) is 0 Å². The van der Waals surface area contributed by atoms with Crippen molar-refractivity contribution in [3.05, 3.63) is 0 Å². The SMILES string of the molecule is O=C(O)C(O)CO.O=C(O)C(O)CO.O=C(O)C(O)CO.O=C(O)C(O)CO.O=C([O-])C(O)CO.[Hf].[Na+]. The summed E-state index contributed by atoms with van der Waals surface area (Å²) in [4.78, 5) is 47.5. The van der Waals surface area contributed by atoms with Crippen molar-refractivity contribution in [2.45, 2.75) is 30.5 Å². The smallest absolute Gasteiger partial charge is 0.547 e. The minimum absolute atomic E-state index is 0. The zero-order chi connectivity index (χ0) is 29.3. The molecule has 0 aliphatic carbocycles. The van der Waals surface area contributed by atoms with E-state index < -0.39 is 93.4 Å². The van der Waals surface area contributed by atoms with Crippen molar-refractivity contribution in [1.29, 1.82) is 0 Å². The normalized spacial score (nSPS) is 12.7. The Kier molecular flexibility index (Phi) is 49.2. The van der Waals surface area contributed by atoms with E-state index in [2.05, 4.69) is 0 Å². The number of aliphatic carboxylic acids is 5. The van der Waals surface area contributed by atoms with Crippen LogP contribution in [0.4, 0.5) is 0 Å². The van der Waals surface area contributed by atoms with Gasteiger partial charge in [0.1, 0.15) is 6.10 Å². The molecule has 0 aromatic heterocycles. The van der Waals surface area contributed by atoms with Gasteiger partial charge in [-0.1, -0.05) is 0 Å². The molecule has 0 rings (SSSR count). The van der Waals surface area contributed by atoms with E-state index in [1.807, 2.05) is 0 Å². The fourth-order valence-electron chi connectivity index (χ4n) is 0.387. The van der Waals surface area contributed by atoms with Crippen molar-refractivity contribution in [2.75, 3.05) is 33.0 Å². The van der Waals surface area contributed by atoms with E-state index in [0.717, 1.165) is 0 Å². The molecule has 0 fully saturated rings. The van der Waals surface area contributed by atoms with E-state index in [9.17, 15) is 29.1 Å². The van der Waals surface area contributed by atoms with Crippen LogP contribution in [0.15, 0.2) is 0 Å². The van der Waals surface area contributed by atoms with Gasteiger partial charge in [-0.05, 0) is 0 Å². The molecule has 22 heteroatoms. The summed E-state index contributed by atoms with van der Waals surface area (Å²) in [5.41, 5.74) is 0. The molecule has 0 radical (unpaired) electrons. The Balaban J connectivity index is -0.0000000600. The van der Waals surface area contributed by atoms with Gasteiger partial charge < -0.3 is 81.4 Å². The summed E-state index contributed by atoms with van der Waals surface area (Å²) in [7, 11) is 0. The standard InChI is InChI=1S/5C3H6O4.Hf.Na/c5*4-1-2(5)3(6)7;;/h5*2,4-5H,1H2,(H,6,7);;/q;;;;;;+1/p-1. The number of aliphatic hydroxyl groups is 10. The number of carbonyl (C=O) groups excluding carboxylic acids is 1. The third-order valence-electron chi connectivity index (χ3n) is 2.28. The maximum atomic E-state index is 9.52. The predicted molar refractivity (Wildman–Crippen MR) is 101 cm³/mol. The van der Waals surface area contributed by atoms with E-state index in [1.54, 1.807) is 0 Å². The molecule has 0 aromatic carbocycles. The summed E-state index contributed by atoms with van der Waals surface area (Å²) in [6.45, 7) is -3.70. The molecule has 0 aliphatic rings. The van der Waals surface area contributed by atoms with Crippen LogP contribution in [0.5, 0.6) is 0 Å². The number of carboxylic acids is 5. The maximum absolute atomic E-state index is 9.52. The molecule has 0 aliphatic heterocycles. The first kappa shape index (κ1) is 52.3. The van der Waals surface area contributed by atoms with Gasteiger partial charge in [0.25, 0.3) is 0 Å². The van der Waals surface area contributed by atoms with Crippen LogP contribution in [0.3, 0.4) is 0 Å². The second kappa shape index (κ2) is 34.8. The van der Waals surface area contributed by atoms with Crippen LogP contribution in [0.2, 0.25) is 0 Å². The minimum Gasteiger partial charge on any atom is -0.547 e. The Hall–Kier alpha value is -1.18. The molecule has 214 valence electrons. The van der Waals surface area contributed by atoms with Crippen LogP contribution in [-0.4, -0.2) is 165 Å². The molecule has 0 saturated carbocycles. The van der Waals surface area contributed by atoms with Crippen LogP contribution in [0.25, 0.3) is 0 Å². The summed E-state index contributed by atoms with van der Waals surface area (Å²) in [6, 6.07) is 0. The Morgan fingerprint density at radius 1 is 0.459 bits per heavy atom. The Morgan fingerprint density at radius 2 is 0.595 bits per heavy atom. The average molecular weight is 731 g/mol. The van der Waals surface area contributed by atoms with Gasteiger partial charge >= 0.3 is 53.4 Å². The van der Waals surface area contributed by atoms with Crippen molar-refractivity contribution in [2.24, 2.45) is 0 Å². The summed E-state index contributed by atoms with van der Waals surface area (Å²) in [5, 5.41) is 120. The molecule has 0 spiro atoms. The van der Waals surface area contributed by atoms with E-state index in [4.69, 9.17) is 71.5 Å². The number of rotatable bonds is 10. The quantitative estimate of drug-likeness (QED) is 0.0927. The zero-order valence-electron chi connectivity index (χ0n) is 19.1. The molecule has 20 nitrogen and oxygen atoms in total. The molecule has 14 N–H and O–H groups in total. The van der Waals surface area contributed by atoms with E-state index >= 15 is 0 Å². The van der Waals surface area contributed by atoms with Crippen LogP contribution in [0, 0.1) is 0 Å². The molecule has 5 unspecified atom stereocenters. The third kappa shape index (κ3) is 45.2. The van der Waals surface area contributed by atoms with Gasteiger partial charge in [0, 0.05) is 25.8 Å². The summed E-state index contributed by atoms with van der Waals surface area (Å²) < 4.78 is 0. The summed E-state index contributed by atoms with van der Waals surface area (Å²) >= 11 is 0. The Morgan fingerprint density at radius 3 is 0.595 bits per heavy atom. The maximum Gasteiger partial charge on any atom is 1.00 e. The molecular weight excluding hydrogens is 702 g/mol. The van der Waals surface area contributed by atoms with Crippen LogP contribution in [-0.2, 0) is 49.8 Å². The largest absolute Gasteiger partial charge is 1.00 e. The summed E-state index contributed by atoms with van der Waals surface area (Å²) in [5.74, 6) is -7.25. The number of hydrogen-bond donors (Lipinski definition) is 14. The second-order valence-corrected chi connectivity index (χ2v) is 5.16. The van der Waals surface area contributed by atoms with Gasteiger partial charge in [-0.3, -0.25) is 0 Å². The third-order valence-corrected chi connectivity index (χ3v) is 2.28. The molecule has 0 aromatic rings. The molecule has 5 atom stereocenters. The van der Waals surface area contributed by atoms with E-state index in [-0.39, 0.29) is 55.4 Å². The van der Waals surface area contributed by atoms with Crippen LogP contribution in [0.1, 0.15) is 0 Å². The predicted octanol–water partition coefficient (Wildman–Crippen LogP) is -12.2. The van der Waals surface area contributed by atoms with E-state index in [1.165, 1.54) is 0 Å². The first-order chi connectivity index (χ1) is 15.9. The molecular formula is C15H29HfNaO20. The van der Waals surface area contributed by atoms with Gasteiger partial charge in [-0.25, -0.2) is 19.2 Å².